The standard InChI is InChI=1S/C35H45N7O9S.C24H45N5O15S/c1-5-50-14-7-11-36-30(43)8-6-15-51-25-16-22(2)32(23(3)17-25)52(48,49)41-28(34(46)47)20-39-33(45)27-21-42(4)29-18-24(9-10-26(29)31(27)44)19-40-35-37-12-13-38-35;1-2-43-10-11-44-9-3-4-25-24(39)18(17-45(40,41)42)26-19(30)12-28(14-21(33)34)7-5-27(13-20(31)32)6-8-29(15-22(35)36)16-23(37)38/h9-10,12-13,16-18,21,28,41H,5-8,11,14-15,19-20H2,1-4H3,(H,36,43)(H,39,45)(H,46,47)(H2,37,38,40);18,40-42H,2-17H2,1H3,(H,25,39)(H,26,30)(H,31,32)(H,33,34)(H,35,36)(H,37,38)/t28-;18-/m01/s1. The Kier molecular flexibility index (Phi) is 36.7. The highest BCUT2D eigenvalue weighted by Crippen LogP contribution is 2.33. The molecule has 0 bridgehead atoms. The Morgan fingerprint density at radius 1 is 0.670 bits per heavy atom. The number of aliphatic carboxylic acids is 5. The van der Waals surface area contributed by atoms with Crippen molar-refractivity contribution >= 4 is 91.2 Å². The van der Waals surface area contributed by atoms with E-state index in [4.69, 9.17) is 29.2 Å². The highest BCUT2D eigenvalue weighted by atomic mass is 32.3. The van der Waals surface area contributed by atoms with Gasteiger partial charge in [0.25, 0.3) is 5.91 Å². The molecule has 0 aliphatic heterocycles. The molecule has 2 aromatic heterocycles. The number of ether oxygens (including phenoxy) is 4. The van der Waals surface area contributed by atoms with Gasteiger partial charge >= 0.3 is 29.8 Å². The minimum Gasteiger partial charge on any atom is -0.494 e. The van der Waals surface area contributed by atoms with E-state index in [1.54, 1.807) is 56.1 Å². The van der Waals surface area contributed by atoms with E-state index in [1.807, 2.05) is 13.8 Å². The first-order chi connectivity index (χ1) is 45.8. The highest BCUT2D eigenvalue weighted by molar-refractivity contribution is 8.19. The number of hydrogen-bond acceptors (Lipinski definition) is 24. The molecule has 0 aliphatic carbocycles. The molecule has 38 heteroatoms. The number of fused-ring (bicyclic) bond motifs is 1. The molecule has 0 saturated heterocycles. The molecule has 0 saturated carbocycles. The summed E-state index contributed by atoms with van der Waals surface area (Å²) < 4.78 is 80.5. The summed E-state index contributed by atoms with van der Waals surface area (Å²) in [6.45, 7) is 6.58. The van der Waals surface area contributed by atoms with Gasteiger partial charge in [0.2, 0.25) is 33.2 Å². The van der Waals surface area contributed by atoms with Crippen molar-refractivity contribution in [2.75, 3.05) is 136 Å². The van der Waals surface area contributed by atoms with E-state index in [-0.39, 0.29) is 74.1 Å². The number of nitrogens with zero attached hydrogens (tertiary/aromatic N) is 5. The van der Waals surface area contributed by atoms with Gasteiger partial charge in [-0.3, -0.25) is 62.6 Å². The van der Waals surface area contributed by atoms with Crippen molar-refractivity contribution in [3.05, 3.63) is 81.4 Å². The van der Waals surface area contributed by atoms with E-state index < -0.39 is 131 Å². The molecular weight excluding hydrogens is 1320 g/mol. The molecule has 2 aromatic carbocycles. The Hall–Kier alpha value is -8.41. The summed E-state index contributed by atoms with van der Waals surface area (Å²) in [5.74, 6) is -9.42. The van der Waals surface area contributed by atoms with Gasteiger partial charge in [-0.2, -0.15) is 4.72 Å². The lowest BCUT2D eigenvalue weighted by molar-refractivity contribution is -0.143. The summed E-state index contributed by atoms with van der Waals surface area (Å²) in [5.41, 5.74) is 1.26. The topological polar surface area (TPSA) is 519 Å². The first-order valence-corrected chi connectivity index (χ1v) is 33.7. The molecule has 0 unspecified atom stereocenters. The first-order valence-electron chi connectivity index (χ1n) is 30.5. The molecule has 4 rings (SSSR count). The van der Waals surface area contributed by atoms with Crippen molar-refractivity contribution in [1.82, 2.24) is 55.2 Å². The zero-order valence-electron chi connectivity index (χ0n) is 54.6. The Morgan fingerprint density at radius 3 is 1.79 bits per heavy atom. The van der Waals surface area contributed by atoms with Crippen molar-refractivity contribution in [3.63, 3.8) is 0 Å². The third-order valence-electron chi connectivity index (χ3n) is 13.7. The normalized spacial score (nSPS) is 12.3. The molecule has 4 amide bonds. The molecular formula is C59H90N12O24S2. The van der Waals surface area contributed by atoms with Gasteiger partial charge in [-0.15, -0.1) is 0 Å². The Balaban J connectivity index is 0.000000512. The van der Waals surface area contributed by atoms with Crippen molar-refractivity contribution in [2.24, 2.45) is 7.05 Å². The molecule has 97 heavy (non-hydrogen) atoms. The average Bonchev–Trinajstić information content (AvgIpc) is 0.945. The summed E-state index contributed by atoms with van der Waals surface area (Å²) >= 11 is 0. The molecule has 36 nitrogen and oxygen atoms in total. The van der Waals surface area contributed by atoms with Crippen LogP contribution in [0.4, 0.5) is 5.95 Å². The van der Waals surface area contributed by atoms with Crippen molar-refractivity contribution < 1.29 is 110 Å². The number of carboxylic acid groups (broad SMARTS) is 5. The Bertz CT molecular complexity index is 3370. The zero-order chi connectivity index (χ0) is 72.3. The summed E-state index contributed by atoms with van der Waals surface area (Å²) in [5, 5.41) is 59.7. The van der Waals surface area contributed by atoms with E-state index in [0.717, 1.165) is 21.8 Å². The maximum absolute atomic E-state index is 13.4. The highest BCUT2D eigenvalue weighted by Gasteiger charge is 2.31. The van der Waals surface area contributed by atoms with Crippen molar-refractivity contribution in [3.8, 4) is 5.75 Å². The van der Waals surface area contributed by atoms with Crippen LogP contribution in [0.1, 0.15) is 66.6 Å². The van der Waals surface area contributed by atoms with Gasteiger partial charge in [-0.05, 0) is 87.9 Å². The van der Waals surface area contributed by atoms with Gasteiger partial charge < -0.3 is 94.3 Å². The van der Waals surface area contributed by atoms with E-state index in [0.29, 0.717) is 87.3 Å². The van der Waals surface area contributed by atoms with Crippen LogP contribution >= 0.6 is 10.9 Å². The molecule has 2 atom stereocenters. The van der Waals surface area contributed by atoms with Gasteiger partial charge in [-0.25, -0.2) is 13.4 Å². The molecule has 0 radical (unpaired) electrons. The van der Waals surface area contributed by atoms with Crippen LogP contribution in [-0.2, 0) is 76.2 Å². The molecule has 0 spiro atoms. The molecule has 2 heterocycles. The number of anilines is 1. The number of amides is 4. The van der Waals surface area contributed by atoms with Crippen LogP contribution in [0.15, 0.2) is 58.6 Å². The number of aromatic nitrogens is 3. The van der Waals surface area contributed by atoms with E-state index in [2.05, 4.69) is 41.3 Å². The minimum absolute atomic E-state index is 0.0887. The minimum atomic E-state index is -4.39. The van der Waals surface area contributed by atoms with Crippen LogP contribution in [-0.4, -0.2) is 273 Å². The average molecular weight is 1420 g/mol. The number of sulfonamides is 1. The number of carbonyl (C=O) groups excluding carboxylic acids is 4. The summed E-state index contributed by atoms with van der Waals surface area (Å²) in [4.78, 5) is 131. The molecule has 0 aliphatic rings. The molecule has 15 N–H and O–H groups in total. The zero-order valence-corrected chi connectivity index (χ0v) is 56.2. The van der Waals surface area contributed by atoms with E-state index in [1.165, 1.54) is 23.2 Å². The molecule has 0 fully saturated rings. The molecule has 542 valence electrons. The van der Waals surface area contributed by atoms with Crippen LogP contribution < -0.4 is 41.5 Å². The van der Waals surface area contributed by atoms with E-state index in [9.17, 15) is 85.3 Å². The fourth-order valence-electron chi connectivity index (χ4n) is 9.29. The smallest absolute Gasteiger partial charge is 0.323 e. The molecule has 4 aromatic rings. The second kappa shape index (κ2) is 43.0. The third kappa shape index (κ3) is 32.9. The predicted octanol–water partition coefficient (Wildman–Crippen LogP) is -0.148. The van der Waals surface area contributed by atoms with Crippen LogP contribution in [0.25, 0.3) is 10.9 Å². The number of carbonyl (C=O) groups is 9. The maximum atomic E-state index is 13.4. The second-order valence-electron chi connectivity index (χ2n) is 21.7. The Morgan fingerprint density at radius 2 is 1.23 bits per heavy atom. The van der Waals surface area contributed by atoms with Crippen molar-refractivity contribution in [1.29, 1.82) is 0 Å². The fourth-order valence-corrected chi connectivity index (χ4v) is 11.6. The second-order valence-corrected chi connectivity index (χ2v) is 25.0. The van der Waals surface area contributed by atoms with E-state index >= 15 is 0 Å². The number of pyridine rings is 1. The van der Waals surface area contributed by atoms with Gasteiger partial charge in [0.05, 0.1) is 79.6 Å². The number of benzene rings is 2. The van der Waals surface area contributed by atoms with Gasteiger partial charge in [-0.1, -0.05) is 6.07 Å². The maximum Gasteiger partial charge on any atom is 0.323 e. The summed E-state index contributed by atoms with van der Waals surface area (Å²) in [6, 6.07) is 4.84. The number of H-pyrrole nitrogens is 1. The van der Waals surface area contributed by atoms with Gasteiger partial charge in [0, 0.05) is 116 Å². The lowest BCUT2D eigenvalue weighted by Crippen LogP contribution is -2.53. The SMILES string of the molecule is CCOCCCNC(=O)CCCOc1cc(C)c(S(=O)(=O)N[C@@H](CNC(=O)c2cn(C)c3cc(CNc4ncc[nH]4)ccc3c2=O)C(=O)O)c(C)c1.CCOCCOCCCNC(=O)[C@@H](CS(O)(O)O)NC(=O)CN(CCN(CCN(CC(=O)O)CC(=O)O)CC(=O)O)CC(=O)O. The predicted molar refractivity (Wildman–Crippen MR) is 351 cm³/mol. The van der Waals surface area contributed by atoms with Crippen LogP contribution in [0.3, 0.4) is 0 Å². The van der Waals surface area contributed by atoms with Crippen LogP contribution in [0, 0.1) is 13.8 Å². The van der Waals surface area contributed by atoms with Crippen LogP contribution in [0.2, 0.25) is 0 Å². The number of rotatable bonds is 48. The third-order valence-corrected chi connectivity index (χ3v) is 16.2. The van der Waals surface area contributed by atoms with Crippen LogP contribution in [0.5, 0.6) is 5.75 Å². The number of carboxylic acids is 5. The number of hydrogen-bond donors (Lipinski definition) is 15. The quantitative estimate of drug-likeness (QED) is 0.0256. The Labute approximate surface area is 561 Å². The number of aryl methyl sites for hydroxylation is 3. The number of nitrogens with one attached hydrogen (secondary N) is 7. The first kappa shape index (κ1) is 82.8. The lowest BCUT2D eigenvalue weighted by Gasteiger charge is -2.29. The van der Waals surface area contributed by atoms with Gasteiger partial charge in [0.1, 0.15) is 23.4 Å². The largest absolute Gasteiger partial charge is 0.494 e. The summed E-state index contributed by atoms with van der Waals surface area (Å²) in [7, 11) is -6.95. The monoisotopic (exact) mass is 1410 g/mol. The lowest BCUT2D eigenvalue weighted by atomic mass is 10.1. The van der Waals surface area contributed by atoms with Crippen molar-refractivity contribution in [2.45, 2.75) is 76.9 Å². The summed E-state index contributed by atoms with van der Waals surface area (Å²) in [6.07, 6.45) is 6.45. The fraction of sp³-hybridized carbons (Fsp3) is 0.542. The van der Waals surface area contributed by atoms with Gasteiger partial charge in [0.15, 0.2) is 5.95 Å². The number of imidazole rings is 1. The number of aromatic amines is 1.